The Morgan fingerprint density at radius 3 is 2.42 bits per heavy atom. The van der Waals surface area contributed by atoms with Gasteiger partial charge in [0.1, 0.15) is 23.9 Å². The number of hydrogen-bond donors (Lipinski definition) is 0. The SMILES string of the molecule is CCOC(=O)CCOCCOc1ccccc1Cn1c(-c2ccc(OC(F)(F)F)cc2)nc2ccccc21. The molecule has 0 atom stereocenters. The molecule has 10 heteroatoms. The van der Waals surface area contributed by atoms with E-state index in [4.69, 9.17) is 19.2 Å². The van der Waals surface area contributed by atoms with Gasteiger partial charge in [0.05, 0.1) is 43.8 Å². The number of halogens is 3. The van der Waals surface area contributed by atoms with Gasteiger partial charge >= 0.3 is 12.3 Å². The topological polar surface area (TPSA) is 71.8 Å². The Hall–Kier alpha value is -4.05. The molecule has 0 saturated heterocycles. The van der Waals surface area contributed by atoms with Crippen molar-refractivity contribution >= 4 is 17.0 Å². The number of hydrogen-bond acceptors (Lipinski definition) is 6. The zero-order chi connectivity index (χ0) is 27.0. The second-order valence-electron chi connectivity index (χ2n) is 8.21. The minimum absolute atomic E-state index is 0.185. The first-order valence-electron chi connectivity index (χ1n) is 12.1. The van der Waals surface area contributed by atoms with Crippen LogP contribution in [0.4, 0.5) is 13.2 Å². The van der Waals surface area contributed by atoms with Crippen LogP contribution in [0.2, 0.25) is 0 Å². The van der Waals surface area contributed by atoms with Crippen LogP contribution in [0.25, 0.3) is 22.4 Å². The van der Waals surface area contributed by atoms with Crippen molar-refractivity contribution in [2.24, 2.45) is 0 Å². The van der Waals surface area contributed by atoms with Gasteiger partial charge in [-0.1, -0.05) is 30.3 Å². The van der Waals surface area contributed by atoms with E-state index in [-0.39, 0.29) is 31.4 Å². The van der Waals surface area contributed by atoms with Crippen LogP contribution in [0.3, 0.4) is 0 Å². The summed E-state index contributed by atoms with van der Waals surface area (Å²) in [4.78, 5) is 16.1. The van der Waals surface area contributed by atoms with Gasteiger partial charge in [-0.3, -0.25) is 4.79 Å². The molecule has 200 valence electrons. The van der Waals surface area contributed by atoms with Crippen LogP contribution in [-0.4, -0.2) is 48.3 Å². The third-order valence-electron chi connectivity index (χ3n) is 5.54. The number of alkyl halides is 3. The average Bonchev–Trinajstić information content (AvgIpc) is 3.25. The quantitative estimate of drug-likeness (QED) is 0.166. The Kier molecular flexibility index (Phi) is 8.85. The zero-order valence-corrected chi connectivity index (χ0v) is 20.7. The molecule has 0 unspecified atom stereocenters. The number of carbonyl (C=O) groups is 1. The van der Waals surface area contributed by atoms with E-state index in [0.717, 1.165) is 16.6 Å². The molecule has 0 aliphatic rings. The molecule has 0 aliphatic carbocycles. The number of imidazole rings is 1. The highest BCUT2D eigenvalue weighted by atomic mass is 19.4. The molecular formula is C28H27F3N2O5. The lowest BCUT2D eigenvalue weighted by Gasteiger charge is -2.15. The van der Waals surface area contributed by atoms with Crippen molar-refractivity contribution in [2.45, 2.75) is 26.3 Å². The lowest BCUT2D eigenvalue weighted by Crippen LogP contribution is -2.17. The van der Waals surface area contributed by atoms with Crippen LogP contribution in [0.1, 0.15) is 18.9 Å². The zero-order valence-electron chi connectivity index (χ0n) is 20.7. The predicted octanol–water partition coefficient (Wildman–Crippen LogP) is 6.00. The number of carbonyl (C=O) groups excluding carboxylic acids is 1. The summed E-state index contributed by atoms with van der Waals surface area (Å²) in [6, 6.07) is 20.8. The van der Waals surface area contributed by atoms with Crippen molar-refractivity contribution in [3.05, 3.63) is 78.4 Å². The molecule has 0 aliphatic heterocycles. The molecule has 0 spiro atoms. The van der Waals surface area contributed by atoms with Crippen LogP contribution >= 0.6 is 0 Å². The number of rotatable bonds is 12. The summed E-state index contributed by atoms with van der Waals surface area (Å²) in [6.45, 7) is 3.35. The Morgan fingerprint density at radius 2 is 1.66 bits per heavy atom. The first-order chi connectivity index (χ1) is 18.3. The minimum Gasteiger partial charge on any atom is -0.491 e. The highest BCUT2D eigenvalue weighted by molar-refractivity contribution is 5.81. The van der Waals surface area contributed by atoms with E-state index < -0.39 is 6.36 Å². The van der Waals surface area contributed by atoms with Crippen molar-refractivity contribution in [1.29, 1.82) is 0 Å². The van der Waals surface area contributed by atoms with Gasteiger partial charge < -0.3 is 23.5 Å². The molecular weight excluding hydrogens is 501 g/mol. The number of aromatic nitrogens is 2. The van der Waals surface area contributed by atoms with Crippen LogP contribution in [0, 0.1) is 0 Å². The average molecular weight is 529 g/mol. The van der Waals surface area contributed by atoms with E-state index in [0.29, 0.717) is 36.9 Å². The van der Waals surface area contributed by atoms with Gasteiger partial charge in [-0.15, -0.1) is 13.2 Å². The predicted molar refractivity (Wildman–Crippen MR) is 135 cm³/mol. The monoisotopic (exact) mass is 528 g/mol. The molecule has 1 aromatic heterocycles. The van der Waals surface area contributed by atoms with Gasteiger partial charge in [0.15, 0.2) is 0 Å². The van der Waals surface area contributed by atoms with E-state index in [1.54, 1.807) is 19.1 Å². The molecule has 38 heavy (non-hydrogen) atoms. The molecule has 0 N–H and O–H groups in total. The van der Waals surface area contributed by atoms with Crippen molar-refractivity contribution in [2.75, 3.05) is 26.4 Å². The number of nitrogens with zero attached hydrogens (tertiary/aromatic N) is 2. The lowest BCUT2D eigenvalue weighted by molar-refractivity contribution is -0.274. The first kappa shape index (κ1) is 27.0. The number of ether oxygens (including phenoxy) is 4. The molecule has 0 radical (unpaired) electrons. The van der Waals surface area contributed by atoms with Crippen molar-refractivity contribution < 1.29 is 36.9 Å². The van der Waals surface area contributed by atoms with Crippen molar-refractivity contribution in [3.8, 4) is 22.9 Å². The summed E-state index contributed by atoms with van der Waals surface area (Å²) in [5.74, 6) is 0.665. The Morgan fingerprint density at radius 1 is 0.921 bits per heavy atom. The third kappa shape index (κ3) is 7.25. The molecule has 4 aromatic rings. The first-order valence-corrected chi connectivity index (χ1v) is 12.1. The van der Waals surface area contributed by atoms with Gasteiger partial charge in [0.2, 0.25) is 0 Å². The normalized spacial score (nSPS) is 11.5. The fraction of sp³-hybridized carbons (Fsp3) is 0.286. The fourth-order valence-corrected chi connectivity index (χ4v) is 3.91. The molecule has 4 rings (SSSR count). The van der Waals surface area contributed by atoms with Crippen molar-refractivity contribution in [1.82, 2.24) is 9.55 Å². The lowest BCUT2D eigenvalue weighted by atomic mass is 10.1. The smallest absolute Gasteiger partial charge is 0.491 e. The van der Waals surface area contributed by atoms with Crippen LogP contribution in [0.15, 0.2) is 72.8 Å². The maximum atomic E-state index is 12.6. The number of esters is 1. The largest absolute Gasteiger partial charge is 0.573 e. The van der Waals surface area contributed by atoms with Crippen LogP contribution < -0.4 is 9.47 Å². The molecule has 7 nitrogen and oxygen atoms in total. The Labute approximate surface area is 217 Å². The van der Waals surface area contributed by atoms with E-state index in [1.807, 2.05) is 53.1 Å². The second-order valence-corrected chi connectivity index (χ2v) is 8.21. The minimum atomic E-state index is -4.76. The van der Waals surface area contributed by atoms with E-state index >= 15 is 0 Å². The Bertz CT molecular complexity index is 1350. The fourth-order valence-electron chi connectivity index (χ4n) is 3.91. The summed E-state index contributed by atoms with van der Waals surface area (Å²) in [5, 5.41) is 0. The Balaban J connectivity index is 1.50. The summed E-state index contributed by atoms with van der Waals surface area (Å²) in [7, 11) is 0. The molecule has 3 aromatic carbocycles. The van der Waals surface area contributed by atoms with E-state index in [9.17, 15) is 18.0 Å². The highest BCUT2D eigenvalue weighted by Crippen LogP contribution is 2.30. The highest BCUT2D eigenvalue weighted by Gasteiger charge is 2.31. The molecule has 0 amide bonds. The maximum Gasteiger partial charge on any atom is 0.573 e. The number of benzene rings is 3. The molecule has 1 heterocycles. The van der Waals surface area contributed by atoms with Gasteiger partial charge in [-0.25, -0.2) is 4.98 Å². The molecule has 0 saturated carbocycles. The standard InChI is InChI=1S/C28H27F3N2O5/c1-2-36-26(34)15-16-35-17-18-37-25-10-6-3-7-21(25)19-33-24-9-5-4-8-23(24)32-27(33)20-11-13-22(14-12-20)38-28(29,30)31/h3-14H,2,15-19H2,1H3. The van der Waals surface area contributed by atoms with E-state index in [2.05, 4.69) is 4.74 Å². The summed E-state index contributed by atoms with van der Waals surface area (Å²) in [6.07, 6.45) is -4.57. The van der Waals surface area contributed by atoms with E-state index in [1.165, 1.54) is 12.1 Å². The molecule has 0 fully saturated rings. The maximum absolute atomic E-state index is 12.6. The number of fused-ring (bicyclic) bond motifs is 1. The van der Waals surface area contributed by atoms with Crippen LogP contribution in [-0.2, 0) is 20.8 Å². The molecule has 0 bridgehead atoms. The number of para-hydroxylation sites is 3. The van der Waals surface area contributed by atoms with Gasteiger partial charge in [0, 0.05) is 11.1 Å². The summed E-state index contributed by atoms with van der Waals surface area (Å²) >= 11 is 0. The van der Waals surface area contributed by atoms with Gasteiger partial charge in [-0.05, 0) is 49.4 Å². The van der Waals surface area contributed by atoms with Crippen LogP contribution in [0.5, 0.6) is 11.5 Å². The van der Waals surface area contributed by atoms with Gasteiger partial charge in [0.25, 0.3) is 0 Å². The summed E-state index contributed by atoms with van der Waals surface area (Å²) < 4.78 is 60.0. The van der Waals surface area contributed by atoms with Crippen molar-refractivity contribution in [3.63, 3.8) is 0 Å². The third-order valence-corrected chi connectivity index (χ3v) is 5.54. The van der Waals surface area contributed by atoms with Gasteiger partial charge in [-0.2, -0.15) is 0 Å². The second kappa shape index (κ2) is 12.5. The summed E-state index contributed by atoms with van der Waals surface area (Å²) in [5.41, 5.74) is 3.16.